The zero-order valence-corrected chi connectivity index (χ0v) is 27.3. The lowest BCUT2D eigenvalue weighted by Gasteiger charge is -2.70. The number of H-pyrrole nitrogens is 2. The van der Waals surface area contributed by atoms with Gasteiger partial charge in [-0.2, -0.15) is 5.10 Å². The van der Waals surface area contributed by atoms with E-state index < -0.39 is 0 Å². The molecule has 0 aliphatic heterocycles. The van der Waals surface area contributed by atoms with E-state index in [0.717, 1.165) is 50.8 Å². The number of nitrogens with two attached hydrogens (primary N) is 2. The first kappa shape index (κ1) is 28.5. The molecular weight excluding hydrogens is 542 g/mol. The van der Waals surface area contributed by atoms with Crippen LogP contribution in [0.15, 0.2) is 16.8 Å². The average Bonchev–Trinajstić information content (AvgIpc) is 3.48. The van der Waals surface area contributed by atoms with Gasteiger partial charge in [0.05, 0.1) is 5.69 Å². The van der Waals surface area contributed by atoms with Gasteiger partial charge in [-0.25, -0.2) is 0 Å². The molecule has 0 aromatic carbocycles. The molecule has 9 heteroatoms. The molecule has 6 N–H and O–H groups in total. The molecule has 3 unspecified atom stereocenters. The van der Waals surface area contributed by atoms with E-state index in [2.05, 4.69) is 74.8 Å². The minimum atomic E-state index is -0.371. The second-order valence-corrected chi connectivity index (χ2v) is 17.6. The van der Waals surface area contributed by atoms with Crippen molar-refractivity contribution in [3.63, 3.8) is 0 Å². The van der Waals surface area contributed by atoms with Gasteiger partial charge < -0.3 is 16.5 Å². The molecule has 8 nitrogen and oxygen atoms in total. The number of hydrogen-bond donors (Lipinski definition) is 4. The molecule has 2 heterocycles. The highest BCUT2D eigenvalue weighted by Crippen LogP contribution is 2.75. The van der Waals surface area contributed by atoms with Crippen molar-refractivity contribution in [3.05, 3.63) is 22.9 Å². The molecule has 0 bridgehead atoms. The monoisotopic (exact) mass is 591 g/mol. The van der Waals surface area contributed by atoms with Gasteiger partial charge in [-0.3, -0.25) is 9.89 Å². The summed E-state index contributed by atoms with van der Waals surface area (Å²) in [6.07, 6.45) is 12.2. The molecule has 2 aromatic rings. The van der Waals surface area contributed by atoms with E-state index in [-0.39, 0.29) is 49.5 Å². The van der Waals surface area contributed by atoms with E-state index in [9.17, 15) is 4.79 Å². The summed E-state index contributed by atoms with van der Waals surface area (Å²) in [7, 11) is 0. The van der Waals surface area contributed by atoms with Crippen LogP contribution >= 0.6 is 11.8 Å². The van der Waals surface area contributed by atoms with Crippen molar-refractivity contribution >= 4 is 28.6 Å². The maximum absolute atomic E-state index is 14.3. The predicted molar refractivity (Wildman–Crippen MR) is 167 cm³/mol. The Hall–Kier alpha value is -2.29. The Morgan fingerprint density at radius 1 is 0.976 bits per heavy atom. The number of hydrogen-bond acceptors (Lipinski definition) is 7. The Bertz CT molecular complexity index is 1490. The van der Waals surface area contributed by atoms with Gasteiger partial charge in [-0.05, 0) is 109 Å². The van der Waals surface area contributed by atoms with Gasteiger partial charge >= 0.3 is 0 Å². The lowest BCUT2D eigenvalue weighted by Crippen LogP contribution is -2.64. The fourth-order valence-corrected chi connectivity index (χ4v) is 12.5. The van der Waals surface area contributed by atoms with Crippen molar-refractivity contribution in [1.82, 2.24) is 25.4 Å². The van der Waals surface area contributed by atoms with Gasteiger partial charge in [0.1, 0.15) is 5.82 Å². The molecule has 0 radical (unpaired) electrons. The van der Waals surface area contributed by atoms with Crippen molar-refractivity contribution in [1.29, 1.82) is 0 Å². The van der Waals surface area contributed by atoms with Crippen molar-refractivity contribution in [2.75, 3.05) is 11.5 Å². The molecule has 3 saturated carbocycles. The number of fused-ring (bicyclic) bond motifs is 8. The molecule has 7 rings (SSSR count). The van der Waals surface area contributed by atoms with Crippen LogP contribution in [-0.4, -0.2) is 30.5 Å². The number of thioether (sulfide) groups is 1. The van der Waals surface area contributed by atoms with E-state index in [0.29, 0.717) is 17.0 Å². The summed E-state index contributed by atoms with van der Waals surface area (Å²) in [5.74, 6) is 2.36. The van der Waals surface area contributed by atoms with Crippen LogP contribution in [0.25, 0.3) is 0 Å². The highest BCUT2D eigenvalue weighted by molar-refractivity contribution is 8.13. The summed E-state index contributed by atoms with van der Waals surface area (Å²) in [5, 5.41) is 16.7. The number of nitrogens with one attached hydrogen (secondary N) is 2. The number of carbonyl (C=O) groups is 1. The lowest BCUT2D eigenvalue weighted by molar-refractivity contribution is -0.163. The number of aromatic amines is 2. The molecule has 5 aliphatic rings. The Kier molecular flexibility index (Phi) is 5.87. The summed E-state index contributed by atoms with van der Waals surface area (Å²) in [6, 6.07) is 0. The minimum Gasteiger partial charge on any atom is -0.384 e. The summed E-state index contributed by atoms with van der Waals surface area (Å²) in [4.78, 5) is 17.3. The zero-order valence-electron chi connectivity index (χ0n) is 26.5. The molecule has 228 valence electrons. The molecule has 2 aromatic heterocycles. The van der Waals surface area contributed by atoms with Crippen LogP contribution in [0.5, 0.6) is 0 Å². The average molecular weight is 592 g/mol. The third-order valence-corrected chi connectivity index (χ3v) is 14.9. The van der Waals surface area contributed by atoms with Crippen LogP contribution in [-0.2, 0) is 16.6 Å². The lowest BCUT2D eigenvalue weighted by atomic mass is 9.34. The number of rotatable bonds is 2. The SMILES string of the molecule is CC1(C)CC[C@]2(C(=O)Sc3nnc(N)[nH]3)CC[C@]3(C)C(=CCC4[C@@]5(C)Cc6c(n[nH]c6N)C(C)(C)C5CC[C@]43C)C2C1. The summed E-state index contributed by atoms with van der Waals surface area (Å²) >= 11 is 1.22. The number of nitrogens with zero attached hydrogens (tertiary/aromatic N) is 3. The van der Waals surface area contributed by atoms with Crippen molar-refractivity contribution in [3.8, 4) is 0 Å². The predicted octanol–water partition coefficient (Wildman–Crippen LogP) is 6.83. The van der Waals surface area contributed by atoms with Crippen LogP contribution in [0.3, 0.4) is 0 Å². The van der Waals surface area contributed by atoms with Crippen LogP contribution in [0.2, 0.25) is 0 Å². The molecule has 0 saturated heterocycles. The largest absolute Gasteiger partial charge is 0.384 e. The summed E-state index contributed by atoms with van der Waals surface area (Å²) < 4.78 is 0. The highest BCUT2D eigenvalue weighted by atomic mass is 32.2. The van der Waals surface area contributed by atoms with Gasteiger partial charge in [-0.1, -0.05) is 60.1 Å². The first-order chi connectivity index (χ1) is 19.6. The number of allylic oxidation sites excluding steroid dienone is 2. The standard InChI is InChI=1S/C33H49N7OS/c1-28(2)12-14-33(25(41)42-27-36-26(35)39-40-27)15-13-31(6)19(20(33)17-28)8-9-22-30(5)16-18-23(37-38-24(18)34)29(3,4)21(30)10-11-32(22,31)7/h8,20-22H,9-17H2,1-7H3,(H3,34,37,38)(H3,35,36,39,40)/t20?,21?,22?,30-,31+,32+,33-/m0/s1. The topological polar surface area (TPSA) is 139 Å². The first-order valence-corrected chi connectivity index (χ1v) is 16.8. The Morgan fingerprint density at radius 2 is 1.71 bits per heavy atom. The van der Waals surface area contributed by atoms with Crippen LogP contribution < -0.4 is 11.5 Å². The quantitative estimate of drug-likeness (QED) is 0.222. The van der Waals surface area contributed by atoms with E-state index in [4.69, 9.17) is 16.6 Å². The Labute approximate surface area is 254 Å². The van der Waals surface area contributed by atoms with Gasteiger partial charge in [0, 0.05) is 16.4 Å². The van der Waals surface area contributed by atoms with Crippen molar-refractivity contribution < 1.29 is 4.79 Å². The van der Waals surface area contributed by atoms with Crippen LogP contribution in [0, 0.1) is 44.8 Å². The van der Waals surface area contributed by atoms with Gasteiger partial charge in [0.2, 0.25) is 11.1 Å². The van der Waals surface area contributed by atoms with E-state index in [1.165, 1.54) is 35.9 Å². The van der Waals surface area contributed by atoms with Gasteiger partial charge in [0.15, 0.2) is 5.16 Å². The molecule has 5 aliphatic carbocycles. The van der Waals surface area contributed by atoms with E-state index in [1.807, 2.05) is 0 Å². The molecule has 0 amide bonds. The zero-order chi connectivity index (χ0) is 30.1. The molecule has 3 fully saturated rings. The number of carbonyl (C=O) groups excluding carboxylic acids is 1. The van der Waals surface area contributed by atoms with Crippen molar-refractivity contribution in [2.24, 2.45) is 44.8 Å². The van der Waals surface area contributed by atoms with Gasteiger partial charge in [-0.15, -0.1) is 10.2 Å². The fourth-order valence-electron chi connectivity index (χ4n) is 11.5. The number of aromatic nitrogens is 5. The maximum atomic E-state index is 14.3. The van der Waals surface area contributed by atoms with Crippen LogP contribution in [0.1, 0.15) is 111 Å². The van der Waals surface area contributed by atoms with Gasteiger partial charge in [0.25, 0.3) is 0 Å². The van der Waals surface area contributed by atoms with Crippen molar-refractivity contribution in [2.45, 2.75) is 117 Å². The Morgan fingerprint density at radius 3 is 2.43 bits per heavy atom. The third-order valence-electron chi connectivity index (χ3n) is 13.9. The molecular formula is C33H49N7OS. The molecule has 42 heavy (non-hydrogen) atoms. The summed E-state index contributed by atoms with van der Waals surface area (Å²) in [6.45, 7) is 17.3. The normalized spacial score (nSPS) is 41.4. The summed E-state index contributed by atoms with van der Waals surface area (Å²) in [5.41, 5.74) is 16.5. The van der Waals surface area contributed by atoms with E-state index in [1.54, 1.807) is 5.57 Å². The first-order valence-electron chi connectivity index (χ1n) is 16.0. The highest BCUT2D eigenvalue weighted by Gasteiger charge is 2.69. The van der Waals surface area contributed by atoms with E-state index >= 15 is 0 Å². The maximum Gasteiger partial charge on any atom is 0.220 e. The Balaban J connectivity index is 1.30. The van der Waals surface area contributed by atoms with Crippen LogP contribution in [0.4, 0.5) is 11.8 Å². The smallest absolute Gasteiger partial charge is 0.220 e. The molecule has 7 atom stereocenters. The second kappa shape index (κ2) is 8.66. The number of anilines is 2. The second-order valence-electron chi connectivity index (χ2n) is 16.6. The fraction of sp³-hybridized carbons (Fsp3) is 0.758. The molecule has 0 spiro atoms. The number of nitrogen functional groups attached to an aromatic ring is 2. The third kappa shape index (κ3) is 3.55. The minimum absolute atomic E-state index is 0.0223.